The molecule has 29 heavy (non-hydrogen) atoms. The summed E-state index contributed by atoms with van der Waals surface area (Å²) in [5.74, 6) is 0. The Morgan fingerprint density at radius 1 is 0.931 bits per heavy atom. The van der Waals surface area contributed by atoms with E-state index in [4.69, 9.17) is 4.98 Å². The highest BCUT2D eigenvalue weighted by Gasteiger charge is 2.19. The summed E-state index contributed by atoms with van der Waals surface area (Å²) in [6.45, 7) is 13.1. The van der Waals surface area contributed by atoms with Gasteiger partial charge in [-0.05, 0) is 69.5 Å². The van der Waals surface area contributed by atoms with E-state index < -0.39 is 0 Å². The molecule has 5 heteroatoms. The number of pyridine rings is 1. The minimum Gasteiger partial charge on any atom is -0.369 e. The van der Waals surface area contributed by atoms with E-state index in [1.165, 1.54) is 11.3 Å². The number of aromatic nitrogens is 2. The molecule has 0 atom stereocenters. The first kappa shape index (κ1) is 19.6. The molecule has 0 bridgehead atoms. The van der Waals surface area contributed by atoms with Crippen molar-refractivity contribution in [2.45, 2.75) is 34.1 Å². The summed E-state index contributed by atoms with van der Waals surface area (Å²) >= 11 is 0. The highest BCUT2D eigenvalue weighted by atomic mass is 16.1. The lowest BCUT2D eigenvalue weighted by Crippen LogP contribution is -2.47. The van der Waals surface area contributed by atoms with E-state index in [1.807, 2.05) is 32.9 Å². The van der Waals surface area contributed by atoms with E-state index in [1.54, 1.807) is 4.40 Å². The molecule has 3 aromatic rings. The fraction of sp³-hybridized carbons (Fsp3) is 0.417. The van der Waals surface area contributed by atoms with Crippen molar-refractivity contribution in [3.63, 3.8) is 0 Å². The van der Waals surface area contributed by atoms with Crippen LogP contribution >= 0.6 is 0 Å². The Bertz CT molecular complexity index is 1090. The molecule has 0 amide bonds. The SMILES string of the molecule is Cc1cccc(N2CCN(CCc3c(C)nc4cc(C)cc(C)n4c3=O)CC2)c1. The Hall–Kier alpha value is -2.66. The molecule has 0 saturated carbocycles. The highest BCUT2D eigenvalue weighted by molar-refractivity contribution is 5.49. The number of fused-ring (bicyclic) bond motifs is 1. The maximum absolute atomic E-state index is 13.1. The predicted molar refractivity (Wildman–Crippen MR) is 119 cm³/mol. The summed E-state index contributed by atoms with van der Waals surface area (Å²) in [7, 11) is 0. The van der Waals surface area contributed by atoms with Crippen LogP contribution in [0, 0.1) is 27.7 Å². The molecule has 1 aliphatic rings. The fourth-order valence-electron chi connectivity index (χ4n) is 4.37. The smallest absolute Gasteiger partial charge is 0.261 e. The Kier molecular flexibility index (Phi) is 5.41. The summed E-state index contributed by atoms with van der Waals surface area (Å²) < 4.78 is 1.75. The van der Waals surface area contributed by atoms with Crippen molar-refractivity contribution in [2.75, 3.05) is 37.6 Å². The fourth-order valence-corrected chi connectivity index (χ4v) is 4.37. The van der Waals surface area contributed by atoms with Crippen molar-refractivity contribution in [3.05, 3.63) is 74.8 Å². The molecule has 0 aliphatic carbocycles. The van der Waals surface area contributed by atoms with Gasteiger partial charge in [0.1, 0.15) is 5.65 Å². The number of aryl methyl sites for hydroxylation is 4. The van der Waals surface area contributed by atoms with Gasteiger partial charge in [-0.15, -0.1) is 0 Å². The zero-order valence-electron chi connectivity index (χ0n) is 17.9. The number of anilines is 1. The zero-order valence-corrected chi connectivity index (χ0v) is 17.9. The van der Waals surface area contributed by atoms with E-state index >= 15 is 0 Å². The van der Waals surface area contributed by atoms with Gasteiger partial charge < -0.3 is 4.90 Å². The molecule has 1 aromatic carbocycles. The van der Waals surface area contributed by atoms with E-state index in [2.05, 4.69) is 41.0 Å². The summed E-state index contributed by atoms with van der Waals surface area (Å²) in [6.07, 6.45) is 0.748. The van der Waals surface area contributed by atoms with Crippen LogP contribution in [0.2, 0.25) is 0 Å². The van der Waals surface area contributed by atoms with Crippen LogP contribution in [0.3, 0.4) is 0 Å². The Morgan fingerprint density at radius 2 is 1.69 bits per heavy atom. The molecule has 0 radical (unpaired) electrons. The lowest BCUT2D eigenvalue weighted by molar-refractivity contribution is 0.260. The van der Waals surface area contributed by atoms with Crippen LogP contribution in [0.5, 0.6) is 0 Å². The third kappa shape index (κ3) is 4.06. The third-order valence-electron chi connectivity index (χ3n) is 5.97. The first-order chi connectivity index (χ1) is 13.9. The van der Waals surface area contributed by atoms with Crippen molar-refractivity contribution >= 4 is 11.3 Å². The summed E-state index contributed by atoms with van der Waals surface area (Å²) in [6, 6.07) is 12.7. The average Bonchev–Trinajstić information content (AvgIpc) is 2.67. The van der Waals surface area contributed by atoms with Gasteiger partial charge in [0.05, 0.1) is 0 Å². The molecule has 1 saturated heterocycles. The quantitative estimate of drug-likeness (QED) is 0.685. The second-order valence-corrected chi connectivity index (χ2v) is 8.27. The van der Waals surface area contributed by atoms with Gasteiger partial charge in [0, 0.05) is 55.4 Å². The van der Waals surface area contributed by atoms with E-state index in [0.717, 1.165) is 67.3 Å². The van der Waals surface area contributed by atoms with Crippen LogP contribution in [0.4, 0.5) is 5.69 Å². The lowest BCUT2D eigenvalue weighted by atomic mass is 10.1. The Balaban J connectivity index is 1.45. The predicted octanol–water partition coefficient (Wildman–Crippen LogP) is 3.29. The highest BCUT2D eigenvalue weighted by Crippen LogP contribution is 2.18. The van der Waals surface area contributed by atoms with Gasteiger partial charge in [-0.2, -0.15) is 0 Å². The molecule has 0 unspecified atom stereocenters. The second kappa shape index (κ2) is 7.99. The standard InChI is InChI=1S/C24H30N4O/c1-17-6-5-7-21(15-17)27-12-10-26(11-13-27)9-8-22-20(4)25-23-16-18(2)14-19(3)28(23)24(22)29/h5-7,14-16H,8-13H2,1-4H3. The molecule has 2 aromatic heterocycles. The number of hydrogen-bond acceptors (Lipinski definition) is 4. The van der Waals surface area contributed by atoms with Crippen molar-refractivity contribution in [3.8, 4) is 0 Å². The molecule has 1 fully saturated rings. The molecule has 152 valence electrons. The second-order valence-electron chi connectivity index (χ2n) is 8.27. The van der Waals surface area contributed by atoms with Gasteiger partial charge in [-0.3, -0.25) is 14.1 Å². The lowest BCUT2D eigenvalue weighted by Gasteiger charge is -2.36. The van der Waals surface area contributed by atoms with Gasteiger partial charge in [0.15, 0.2) is 0 Å². The minimum atomic E-state index is 0.0865. The molecule has 0 spiro atoms. The zero-order chi connectivity index (χ0) is 20.5. The van der Waals surface area contributed by atoms with E-state index in [9.17, 15) is 4.79 Å². The number of piperazine rings is 1. The largest absolute Gasteiger partial charge is 0.369 e. The third-order valence-corrected chi connectivity index (χ3v) is 5.97. The number of rotatable bonds is 4. The number of nitrogens with zero attached hydrogens (tertiary/aromatic N) is 4. The van der Waals surface area contributed by atoms with E-state index in [0.29, 0.717) is 0 Å². The molecule has 1 aliphatic heterocycles. The Labute approximate surface area is 172 Å². The van der Waals surface area contributed by atoms with Crippen LogP contribution in [0.25, 0.3) is 5.65 Å². The summed E-state index contributed by atoms with van der Waals surface area (Å²) in [5, 5.41) is 0. The van der Waals surface area contributed by atoms with Gasteiger partial charge in [0.2, 0.25) is 0 Å². The molecular formula is C24H30N4O. The van der Waals surface area contributed by atoms with Crippen LogP contribution < -0.4 is 10.5 Å². The van der Waals surface area contributed by atoms with Crippen LogP contribution in [-0.2, 0) is 6.42 Å². The molecule has 0 N–H and O–H groups in total. The van der Waals surface area contributed by atoms with Gasteiger partial charge >= 0.3 is 0 Å². The number of hydrogen-bond donors (Lipinski definition) is 0. The first-order valence-corrected chi connectivity index (χ1v) is 10.5. The molecule has 4 rings (SSSR count). The molecule has 3 heterocycles. The van der Waals surface area contributed by atoms with Gasteiger partial charge in [-0.1, -0.05) is 12.1 Å². The van der Waals surface area contributed by atoms with Crippen molar-refractivity contribution < 1.29 is 0 Å². The maximum atomic E-state index is 13.1. The average molecular weight is 391 g/mol. The topological polar surface area (TPSA) is 40.9 Å². The van der Waals surface area contributed by atoms with Crippen LogP contribution in [0.15, 0.2) is 41.2 Å². The minimum absolute atomic E-state index is 0.0865. The summed E-state index contributed by atoms with van der Waals surface area (Å²) in [5.41, 5.74) is 7.23. The van der Waals surface area contributed by atoms with Gasteiger partial charge in [-0.25, -0.2) is 4.98 Å². The van der Waals surface area contributed by atoms with Crippen molar-refractivity contribution in [1.82, 2.24) is 14.3 Å². The molecular weight excluding hydrogens is 360 g/mol. The van der Waals surface area contributed by atoms with Gasteiger partial charge in [0.25, 0.3) is 5.56 Å². The Morgan fingerprint density at radius 3 is 2.41 bits per heavy atom. The number of benzene rings is 1. The maximum Gasteiger partial charge on any atom is 0.261 e. The summed E-state index contributed by atoms with van der Waals surface area (Å²) in [4.78, 5) is 22.7. The normalized spacial score (nSPS) is 15.2. The van der Waals surface area contributed by atoms with Crippen molar-refractivity contribution in [1.29, 1.82) is 0 Å². The van der Waals surface area contributed by atoms with Crippen molar-refractivity contribution in [2.24, 2.45) is 0 Å². The van der Waals surface area contributed by atoms with E-state index in [-0.39, 0.29) is 5.56 Å². The monoisotopic (exact) mass is 390 g/mol. The van der Waals surface area contributed by atoms with Crippen LogP contribution in [0.1, 0.15) is 28.1 Å². The first-order valence-electron chi connectivity index (χ1n) is 10.5. The van der Waals surface area contributed by atoms with Crippen LogP contribution in [-0.4, -0.2) is 47.0 Å². The molecule has 5 nitrogen and oxygen atoms in total.